The van der Waals surface area contributed by atoms with Gasteiger partial charge in [0, 0.05) is 5.56 Å². The van der Waals surface area contributed by atoms with Gasteiger partial charge in [-0.3, -0.25) is 14.5 Å². The van der Waals surface area contributed by atoms with Gasteiger partial charge in [0.05, 0.1) is 23.9 Å². The number of aliphatic hydroxyl groups is 1. The number of benzene rings is 3. The maximum absolute atomic E-state index is 13.7. The van der Waals surface area contributed by atoms with Crippen LogP contribution in [0.3, 0.4) is 0 Å². The summed E-state index contributed by atoms with van der Waals surface area (Å²) in [5.41, 5.74) is 1.53. The van der Waals surface area contributed by atoms with Crippen molar-refractivity contribution in [1.82, 2.24) is 4.98 Å². The zero-order valence-corrected chi connectivity index (χ0v) is 25.3. The van der Waals surface area contributed by atoms with E-state index in [4.69, 9.17) is 14.2 Å². The molecule has 0 saturated carbocycles. The van der Waals surface area contributed by atoms with Crippen molar-refractivity contribution in [2.45, 2.75) is 26.5 Å². The summed E-state index contributed by atoms with van der Waals surface area (Å²) in [6.45, 7) is 7.47. The average Bonchev–Trinajstić information content (AvgIpc) is 3.55. The number of rotatable bonds is 11. The molecule has 3 aromatic carbocycles. The third kappa shape index (κ3) is 6.48. The quantitative estimate of drug-likeness (QED) is 0.0655. The summed E-state index contributed by atoms with van der Waals surface area (Å²) in [6.07, 6.45) is 1.42. The number of carbonyl (C=O) groups is 3. The lowest BCUT2D eigenvalue weighted by Gasteiger charge is -2.24. The number of amides is 1. The number of ether oxygens (including phenoxy) is 3. The Morgan fingerprint density at radius 3 is 2.49 bits per heavy atom. The first-order valence-corrected chi connectivity index (χ1v) is 14.8. The standard InChI is InChI=1S/C34H29FN2O7S/c1-4-17-43-33(41)31-20(3)36-34(45-31)37-28(27(30(39)32(37)40)29(38)22-11-14-24(35)15-12-22)23-13-16-25(26(18-23)42-5-2)44-19-21-9-7-6-8-10-21/h4,6-16,18,28,38H,1,5,17,19H2,2-3H3/b29-27+. The van der Waals surface area contributed by atoms with Gasteiger partial charge >= 0.3 is 11.9 Å². The lowest BCUT2D eigenvalue weighted by Crippen LogP contribution is -2.29. The number of hydrogen-bond donors (Lipinski definition) is 1. The summed E-state index contributed by atoms with van der Waals surface area (Å²) in [5.74, 6) is -2.86. The number of hydrogen-bond acceptors (Lipinski definition) is 9. The van der Waals surface area contributed by atoms with E-state index in [0.717, 1.165) is 33.9 Å². The van der Waals surface area contributed by atoms with E-state index in [1.54, 1.807) is 32.0 Å². The summed E-state index contributed by atoms with van der Waals surface area (Å²) in [7, 11) is 0. The minimum Gasteiger partial charge on any atom is -0.507 e. The van der Waals surface area contributed by atoms with Crippen LogP contribution in [-0.2, 0) is 20.9 Å². The van der Waals surface area contributed by atoms with Crippen LogP contribution < -0.4 is 14.4 Å². The lowest BCUT2D eigenvalue weighted by atomic mass is 9.95. The van der Waals surface area contributed by atoms with E-state index in [2.05, 4.69) is 11.6 Å². The Kier molecular flexibility index (Phi) is 9.39. The molecule has 11 heteroatoms. The summed E-state index contributed by atoms with van der Waals surface area (Å²) >= 11 is 0.878. The van der Waals surface area contributed by atoms with Gasteiger partial charge in [-0.2, -0.15) is 0 Å². The topological polar surface area (TPSA) is 115 Å². The second-order valence-electron chi connectivity index (χ2n) is 9.89. The Labute approximate surface area is 262 Å². The van der Waals surface area contributed by atoms with Gasteiger partial charge in [-0.15, -0.1) is 0 Å². The minimum absolute atomic E-state index is 0.0212. The summed E-state index contributed by atoms with van der Waals surface area (Å²) < 4.78 is 30.8. The van der Waals surface area contributed by atoms with E-state index in [-0.39, 0.29) is 34.4 Å². The molecule has 230 valence electrons. The van der Waals surface area contributed by atoms with Gasteiger partial charge in [0.2, 0.25) is 0 Å². The van der Waals surface area contributed by atoms with Crippen LogP contribution in [0.15, 0.2) is 91.0 Å². The fraction of sp³-hybridized carbons (Fsp3) is 0.176. The lowest BCUT2D eigenvalue weighted by molar-refractivity contribution is -0.132. The highest BCUT2D eigenvalue weighted by Gasteiger charge is 2.48. The molecule has 4 aromatic rings. The first-order chi connectivity index (χ1) is 21.7. The van der Waals surface area contributed by atoms with Crippen molar-refractivity contribution in [3.63, 3.8) is 0 Å². The Balaban J connectivity index is 1.63. The Bertz CT molecular complexity index is 1780. The van der Waals surface area contributed by atoms with Crippen LogP contribution in [0, 0.1) is 12.7 Å². The van der Waals surface area contributed by atoms with Crippen molar-refractivity contribution >= 4 is 39.9 Å². The van der Waals surface area contributed by atoms with Crippen molar-refractivity contribution in [1.29, 1.82) is 0 Å². The van der Waals surface area contributed by atoms with E-state index < -0.39 is 35.3 Å². The van der Waals surface area contributed by atoms with Crippen molar-refractivity contribution in [3.8, 4) is 11.5 Å². The number of halogens is 1. The predicted octanol–water partition coefficient (Wildman–Crippen LogP) is 6.54. The van der Waals surface area contributed by atoms with Gasteiger partial charge in [0.25, 0.3) is 5.78 Å². The van der Waals surface area contributed by atoms with Gasteiger partial charge < -0.3 is 19.3 Å². The molecule has 1 atom stereocenters. The Morgan fingerprint density at radius 2 is 1.80 bits per heavy atom. The molecule has 1 aliphatic rings. The molecule has 1 fully saturated rings. The first kappa shape index (κ1) is 31.1. The van der Waals surface area contributed by atoms with Crippen LogP contribution in [0.1, 0.15) is 45.0 Å². The van der Waals surface area contributed by atoms with E-state index in [1.807, 2.05) is 30.3 Å². The molecule has 5 rings (SSSR count). The Morgan fingerprint density at radius 1 is 1.07 bits per heavy atom. The summed E-state index contributed by atoms with van der Waals surface area (Å²) in [4.78, 5) is 45.6. The van der Waals surface area contributed by atoms with Crippen molar-refractivity contribution < 1.29 is 38.1 Å². The maximum Gasteiger partial charge on any atom is 0.350 e. The molecule has 1 N–H and O–H groups in total. The zero-order chi connectivity index (χ0) is 32.1. The SMILES string of the molecule is C=CCOC(=O)c1sc(N2C(=O)C(=O)/C(=C(/O)c3ccc(F)cc3)C2c2ccc(OCc3ccccc3)c(OCC)c2)nc1C. The second kappa shape index (κ2) is 13.6. The van der Waals surface area contributed by atoms with Gasteiger partial charge in [-0.05, 0) is 61.4 Å². The third-order valence-electron chi connectivity index (χ3n) is 6.89. The van der Waals surface area contributed by atoms with Crippen molar-refractivity contribution in [2.24, 2.45) is 0 Å². The predicted molar refractivity (Wildman–Crippen MR) is 167 cm³/mol. The highest BCUT2D eigenvalue weighted by Crippen LogP contribution is 2.45. The minimum atomic E-state index is -1.18. The van der Waals surface area contributed by atoms with Crippen LogP contribution in [0.5, 0.6) is 11.5 Å². The fourth-order valence-electron chi connectivity index (χ4n) is 4.80. The van der Waals surface area contributed by atoms with Crippen LogP contribution in [-0.4, -0.2) is 41.0 Å². The molecule has 0 spiro atoms. The second-order valence-corrected chi connectivity index (χ2v) is 10.9. The number of ketones is 1. The number of thiazole rings is 1. The molecular formula is C34H29FN2O7S. The van der Waals surface area contributed by atoms with Gasteiger partial charge in [-0.1, -0.05) is 60.4 Å². The van der Waals surface area contributed by atoms with Gasteiger partial charge in [0.1, 0.15) is 29.7 Å². The molecule has 1 unspecified atom stereocenters. The molecule has 2 heterocycles. The zero-order valence-electron chi connectivity index (χ0n) is 24.5. The van der Waals surface area contributed by atoms with E-state index >= 15 is 0 Å². The average molecular weight is 629 g/mol. The van der Waals surface area contributed by atoms with Gasteiger partial charge in [0.15, 0.2) is 16.6 Å². The molecule has 45 heavy (non-hydrogen) atoms. The van der Waals surface area contributed by atoms with Crippen molar-refractivity contribution in [3.05, 3.63) is 124 Å². The number of carbonyl (C=O) groups excluding carboxylic acids is 3. The van der Waals surface area contributed by atoms with Crippen LogP contribution in [0.2, 0.25) is 0 Å². The Hall–Kier alpha value is -5.29. The number of esters is 1. The smallest absolute Gasteiger partial charge is 0.350 e. The molecule has 1 saturated heterocycles. The molecule has 1 aliphatic heterocycles. The fourth-order valence-corrected chi connectivity index (χ4v) is 5.79. The largest absolute Gasteiger partial charge is 0.507 e. The normalized spacial score (nSPS) is 15.6. The number of aliphatic hydroxyl groups excluding tert-OH is 1. The first-order valence-electron chi connectivity index (χ1n) is 14.0. The van der Waals surface area contributed by atoms with Gasteiger partial charge in [-0.25, -0.2) is 14.2 Å². The molecule has 9 nitrogen and oxygen atoms in total. The van der Waals surface area contributed by atoms with Crippen LogP contribution in [0.4, 0.5) is 9.52 Å². The molecule has 1 aromatic heterocycles. The van der Waals surface area contributed by atoms with Crippen molar-refractivity contribution in [2.75, 3.05) is 18.1 Å². The number of aryl methyl sites for hydroxylation is 1. The molecule has 0 aliphatic carbocycles. The molecule has 1 amide bonds. The monoisotopic (exact) mass is 628 g/mol. The number of aromatic nitrogens is 1. The highest BCUT2D eigenvalue weighted by atomic mass is 32.1. The highest BCUT2D eigenvalue weighted by molar-refractivity contribution is 7.17. The number of Topliss-reactive ketones (excluding diaryl/α,β-unsaturated/α-hetero) is 1. The van der Waals surface area contributed by atoms with Crippen LogP contribution in [0.25, 0.3) is 5.76 Å². The molecule has 0 radical (unpaired) electrons. The number of anilines is 1. The maximum atomic E-state index is 13.7. The molecule has 0 bridgehead atoms. The van der Waals surface area contributed by atoms with Crippen LogP contribution >= 0.6 is 11.3 Å². The molecular weight excluding hydrogens is 599 g/mol. The van der Waals surface area contributed by atoms with E-state index in [9.17, 15) is 23.9 Å². The van der Waals surface area contributed by atoms with E-state index in [0.29, 0.717) is 29.4 Å². The third-order valence-corrected chi connectivity index (χ3v) is 8.03. The summed E-state index contributed by atoms with van der Waals surface area (Å²) in [5, 5.41) is 11.4. The number of nitrogens with zero attached hydrogens (tertiary/aromatic N) is 2. The summed E-state index contributed by atoms with van der Waals surface area (Å²) in [6, 6.07) is 18.2. The van der Waals surface area contributed by atoms with E-state index in [1.165, 1.54) is 18.2 Å².